The number of hydrogen-bond acceptors (Lipinski definition) is 3. The van der Waals surface area contributed by atoms with Crippen molar-refractivity contribution in [2.24, 2.45) is 16.8 Å². The van der Waals surface area contributed by atoms with Crippen molar-refractivity contribution in [2.75, 3.05) is 19.6 Å². The zero-order chi connectivity index (χ0) is 15.8. The highest BCUT2D eigenvalue weighted by Crippen LogP contribution is 2.29. The summed E-state index contributed by atoms with van der Waals surface area (Å²) in [5, 5.41) is 7.98. The van der Waals surface area contributed by atoms with Crippen molar-refractivity contribution in [1.82, 2.24) is 15.6 Å². The van der Waals surface area contributed by atoms with E-state index in [1.807, 2.05) is 6.20 Å². The number of halogens is 1. The van der Waals surface area contributed by atoms with Crippen LogP contribution in [0.2, 0.25) is 0 Å². The number of aromatic nitrogens is 1. The fourth-order valence-electron chi connectivity index (χ4n) is 3.02. The van der Waals surface area contributed by atoms with Gasteiger partial charge >= 0.3 is 0 Å². The van der Waals surface area contributed by atoms with Crippen LogP contribution in [0.3, 0.4) is 0 Å². The van der Waals surface area contributed by atoms with Gasteiger partial charge in [0, 0.05) is 37.1 Å². The fourth-order valence-corrected chi connectivity index (χ4v) is 3.81. The molecule has 2 rings (SSSR count). The minimum absolute atomic E-state index is 0. The molecule has 2 N–H and O–H groups in total. The van der Waals surface area contributed by atoms with E-state index in [9.17, 15) is 0 Å². The third-order valence-corrected chi connectivity index (χ3v) is 5.39. The second-order valence-corrected chi connectivity index (χ2v) is 7.60. The summed E-state index contributed by atoms with van der Waals surface area (Å²) in [5.41, 5.74) is 0. The van der Waals surface area contributed by atoms with Crippen LogP contribution in [0.25, 0.3) is 0 Å². The maximum atomic E-state index is 4.80. The van der Waals surface area contributed by atoms with Crippen LogP contribution in [-0.4, -0.2) is 30.6 Å². The summed E-state index contributed by atoms with van der Waals surface area (Å²) in [7, 11) is 0. The standard InChI is InChI=1S/C17H30N4S.HI/c1-4-18-17(19-10-9-16-20-11-14(3)22-16)21-12-15-8-6-5-7-13(15)2;/h11,13,15H,4-10,12H2,1-3H3,(H2,18,19,21);1H. The number of guanidine groups is 1. The summed E-state index contributed by atoms with van der Waals surface area (Å²) < 4.78 is 0. The molecule has 132 valence electrons. The molecule has 1 aliphatic rings. The van der Waals surface area contributed by atoms with E-state index in [-0.39, 0.29) is 24.0 Å². The summed E-state index contributed by atoms with van der Waals surface area (Å²) in [6, 6.07) is 0. The first-order valence-electron chi connectivity index (χ1n) is 8.62. The first-order chi connectivity index (χ1) is 10.7. The minimum atomic E-state index is 0. The van der Waals surface area contributed by atoms with E-state index in [1.165, 1.54) is 35.6 Å². The van der Waals surface area contributed by atoms with Crippen LogP contribution in [0, 0.1) is 18.8 Å². The predicted molar refractivity (Wildman–Crippen MR) is 111 cm³/mol. The Kier molecular flexibility index (Phi) is 10.1. The third kappa shape index (κ3) is 7.37. The van der Waals surface area contributed by atoms with E-state index in [0.29, 0.717) is 0 Å². The Hall–Kier alpha value is -0.370. The van der Waals surface area contributed by atoms with Gasteiger partial charge in [-0.1, -0.05) is 26.2 Å². The van der Waals surface area contributed by atoms with Crippen molar-refractivity contribution in [3.05, 3.63) is 16.1 Å². The molecular weight excluding hydrogens is 419 g/mol. The Morgan fingerprint density at radius 2 is 2.13 bits per heavy atom. The van der Waals surface area contributed by atoms with Gasteiger partial charge in [0.25, 0.3) is 0 Å². The van der Waals surface area contributed by atoms with E-state index in [2.05, 4.69) is 36.4 Å². The van der Waals surface area contributed by atoms with Gasteiger partial charge in [-0.3, -0.25) is 4.99 Å². The Balaban J connectivity index is 0.00000264. The van der Waals surface area contributed by atoms with Crippen LogP contribution < -0.4 is 10.6 Å². The summed E-state index contributed by atoms with van der Waals surface area (Å²) in [6.07, 6.45) is 8.38. The number of rotatable bonds is 6. The Bertz CT molecular complexity index is 475. The monoisotopic (exact) mass is 450 g/mol. The molecule has 0 aromatic carbocycles. The maximum absolute atomic E-state index is 4.80. The molecule has 0 spiro atoms. The van der Waals surface area contributed by atoms with Crippen LogP contribution >= 0.6 is 35.3 Å². The predicted octanol–water partition coefficient (Wildman–Crippen LogP) is 3.99. The van der Waals surface area contributed by atoms with E-state index in [4.69, 9.17) is 4.99 Å². The average Bonchev–Trinajstić information content (AvgIpc) is 2.92. The van der Waals surface area contributed by atoms with E-state index in [1.54, 1.807) is 11.3 Å². The maximum Gasteiger partial charge on any atom is 0.191 e. The number of nitrogens with zero attached hydrogens (tertiary/aromatic N) is 2. The molecule has 0 bridgehead atoms. The summed E-state index contributed by atoms with van der Waals surface area (Å²) in [5.74, 6) is 2.53. The van der Waals surface area contributed by atoms with Gasteiger partial charge < -0.3 is 10.6 Å². The molecule has 1 fully saturated rings. The lowest BCUT2D eigenvalue weighted by Gasteiger charge is -2.27. The zero-order valence-electron chi connectivity index (χ0n) is 14.6. The van der Waals surface area contributed by atoms with Gasteiger partial charge in [-0.05, 0) is 32.1 Å². The molecule has 0 amide bonds. The molecule has 4 nitrogen and oxygen atoms in total. The second-order valence-electron chi connectivity index (χ2n) is 6.28. The second kappa shape index (κ2) is 11.2. The van der Waals surface area contributed by atoms with Crippen molar-refractivity contribution >= 4 is 41.3 Å². The Morgan fingerprint density at radius 1 is 1.35 bits per heavy atom. The number of thiazole rings is 1. The Morgan fingerprint density at radius 3 is 2.78 bits per heavy atom. The van der Waals surface area contributed by atoms with Crippen molar-refractivity contribution in [3.63, 3.8) is 0 Å². The number of nitrogens with one attached hydrogen (secondary N) is 2. The van der Waals surface area contributed by atoms with Crippen LogP contribution in [-0.2, 0) is 6.42 Å². The van der Waals surface area contributed by atoms with Gasteiger partial charge in [0.15, 0.2) is 5.96 Å². The summed E-state index contributed by atoms with van der Waals surface area (Å²) >= 11 is 1.78. The van der Waals surface area contributed by atoms with Crippen LogP contribution in [0.4, 0.5) is 0 Å². The van der Waals surface area contributed by atoms with Gasteiger partial charge in [0.2, 0.25) is 0 Å². The molecule has 23 heavy (non-hydrogen) atoms. The van der Waals surface area contributed by atoms with Gasteiger partial charge in [-0.15, -0.1) is 35.3 Å². The molecule has 1 heterocycles. The molecule has 6 heteroatoms. The average molecular weight is 450 g/mol. The molecule has 2 atom stereocenters. The third-order valence-electron chi connectivity index (χ3n) is 4.42. The smallest absolute Gasteiger partial charge is 0.191 e. The lowest BCUT2D eigenvalue weighted by Crippen LogP contribution is -2.39. The lowest BCUT2D eigenvalue weighted by atomic mass is 9.80. The van der Waals surface area contributed by atoms with Gasteiger partial charge in [0.1, 0.15) is 0 Å². The Labute approximate surface area is 162 Å². The van der Waals surface area contributed by atoms with Crippen LogP contribution in [0.15, 0.2) is 11.2 Å². The highest BCUT2D eigenvalue weighted by Gasteiger charge is 2.20. The van der Waals surface area contributed by atoms with Gasteiger partial charge in [0.05, 0.1) is 5.01 Å². The summed E-state index contributed by atoms with van der Waals surface area (Å²) in [4.78, 5) is 10.5. The van der Waals surface area contributed by atoms with Gasteiger partial charge in [-0.25, -0.2) is 4.98 Å². The van der Waals surface area contributed by atoms with E-state index < -0.39 is 0 Å². The molecule has 0 aliphatic heterocycles. The lowest BCUT2D eigenvalue weighted by molar-refractivity contribution is 0.263. The summed E-state index contributed by atoms with van der Waals surface area (Å²) in [6.45, 7) is 9.34. The van der Waals surface area contributed by atoms with Crippen molar-refractivity contribution in [1.29, 1.82) is 0 Å². The van der Waals surface area contributed by atoms with Crippen LogP contribution in [0.1, 0.15) is 49.4 Å². The normalized spacial score (nSPS) is 21.6. The zero-order valence-corrected chi connectivity index (χ0v) is 17.7. The van der Waals surface area contributed by atoms with Crippen molar-refractivity contribution in [3.8, 4) is 0 Å². The SMILES string of the molecule is CCNC(=NCC1CCCCC1C)NCCc1ncc(C)s1.I. The molecular formula is C17H31IN4S. The molecule has 1 saturated carbocycles. The van der Waals surface area contributed by atoms with Crippen molar-refractivity contribution < 1.29 is 0 Å². The highest BCUT2D eigenvalue weighted by molar-refractivity contribution is 14.0. The topological polar surface area (TPSA) is 49.3 Å². The first kappa shape index (κ1) is 20.7. The van der Waals surface area contributed by atoms with Gasteiger partial charge in [-0.2, -0.15) is 0 Å². The fraction of sp³-hybridized carbons (Fsp3) is 0.765. The quantitative estimate of drug-likeness (QED) is 0.392. The molecule has 1 aliphatic carbocycles. The number of aliphatic imine (C=N–C) groups is 1. The molecule has 0 saturated heterocycles. The van der Waals surface area contributed by atoms with E-state index >= 15 is 0 Å². The van der Waals surface area contributed by atoms with E-state index in [0.717, 1.165) is 43.9 Å². The van der Waals surface area contributed by atoms with Crippen LogP contribution in [0.5, 0.6) is 0 Å². The molecule has 1 aromatic rings. The number of aryl methyl sites for hydroxylation is 1. The first-order valence-corrected chi connectivity index (χ1v) is 9.44. The minimum Gasteiger partial charge on any atom is -0.357 e. The molecule has 0 radical (unpaired) electrons. The van der Waals surface area contributed by atoms with Crippen molar-refractivity contribution in [2.45, 2.75) is 52.9 Å². The highest BCUT2D eigenvalue weighted by atomic mass is 127. The number of hydrogen-bond donors (Lipinski definition) is 2. The molecule has 2 unspecified atom stereocenters. The largest absolute Gasteiger partial charge is 0.357 e. The molecule has 1 aromatic heterocycles.